The number of fused-ring (bicyclic) bond motifs is 1. The number of aryl methyl sites for hydroxylation is 2. The first-order valence-corrected chi connectivity index (χ1v) is 9.25. The number of esters is 1. The number of nitrogens with zero attached hydrogens (tertiary/aromatic N) is 3. The molecule has 0 bridgehead atoms. The third kappa shape index (κ3) is 3.67. The highest BCUT2D eigenvalue weighted by molar-refractivity contribution is 5.93. The lowest BCUT2D eigenvalue weighted by atomic mass is 10.2. The molecule has 0 radical (unpaired) electrons. The van der Waals surface area contributed by atoms with Crippen LogP contribution >= 0.6 is 0 Å². The van der Waals surface area contributed by atoms with Crippen LogP contribution in [0.25, 0.3) is 22.4 Å². The van der Waals surface area contributed by atoms with Crippen LogP contribution in [-0.4, -0.2) is 20.5 Å². The van der Waals surface area contributed by atoms with E-state index in [0.29, 0.717) is 40.5 Å². The van der Waals surface area contributed by atoms with E-state index in [9.17, 15) is 9.59 Å². The van der Waals surface area contributed by atoms with Gasteiger partial charge in [0.25, 0.3) is 5.56 Å². The molecule has 7 nitrogen and oxygen atoms in total. The van der Waals surface area contributed by atoms with Crippen molar-refractivity contribution in [2.75, 3.05) is 0 Å². The fraction of sp³-hybridized carbons (Fsp3) is 0.182. The van der Waals surface area contributed by atoms with Crippen molar-refractivity contribution in [2.24, 2.45) is 0 Å². The van der Waals surface area contributed by atoms with Crippen molar-refractivity contribution in [3.63, 3.8) is 0 Å². The molecule has 0 spiro atoms. The summed E-state index contributed by atoms with van der Waals surface area (Å²) in [5, 5.41) is 0. The molecule has 0 amide bonds. The van der Waals surface area contributed by atoms with Crippen molar-refractivity contribution in [1.82, 2.24) is 14.5 Å². The summed E-state index contributed by atoms with van der Waals surface area (Å²) in [7, 11) is 0. The Balaban J connectivity index is 1.52. The average molecular weight is 389 g/mol. The Morgan fingerprint density at radius 2 is 1.97 bits per heavy atom. The number of aromatic nitrogens is 3. The minimum Gasteiger partial charge on any atom is -0.452 e. The molecule has 7 heteroatoms. The fourth-order valence-electron chi connectivity index (χ4n) is 3.14. The molecule has 0 aliphatic heterocycles. The summed E-state index contributed by atoms with van der Waals surface area (Å²) in [5.41, 5.74) is 2.75. The average Bonchev–Trinajstić information content (AvgIpc) is 3.22. The van der Waals surface area contributed by atoms with Crippen LogP contribution < -0.4 is 5.56 Å². The number of hydrogen-bond donors (Lipinski definition) is 0. The standard InChI is InChI=1S/C22H19N3O4/c1-3-25-18-10-9-16(11-17(18)24-14(2)21(25)26)22(27)28-13-20-23-12-19(29-20)15-7-5-4-6-8-15/h4-12H,3,13H2,1-2H3. The molecule has 146 valence electrons. The third-order valence-electron chi connectivity index (χ3n) is 4.60. The normalized spacial score (nSPS) is 11.0. The predicted molar refractivity (Wildman–Crippen MR) is 107 cm³/mol. The van der Waals surface area contributed by atoms with Crippen LogP contribution in [-0.2, 0) is 17.9 Å². The zero-order valence-electron chi connectivity index (χ0n) is 16.1. The van der Waals surface area contributed by atoms with Gasteiger partial charge in [-0.1, -0.05) is 30.3 Å². The van der Waals surface area contributed by atoms with Crippen LogP contribution in [0.2, 0.25) is 0 Å². The van der Waals surface area contributed by atoms with E-state index in [0.717, 1.165) is 5.56 Å². The van der Waals surface area contributed by atoms with Crippen molar-refractivity contribution in [2.45, 2.75) is 27.0 Å². The fourth-order valence-corrected chi connectivity index (χ4v) is 3.14. The van der Waals surface area contributed by atoms with Gasteiger partial charge in [0, 0.05) is 12.1 Å². The largest absolute Gasteiger partial charge is 0.452 e. The zero-order valence-corrected chi connectivity index (χ0v) is 16.1. The first kappa shape index (κ1) is 18.6. The van der Waals surface area contributed by atoms with Gasteiger partial charge < -0.3 is 13.7 Å². The number of rotatable bonds is 5. The topological polar surface area (TPSA) is 87.2 Å². The van der Waals surface area contributed by atoms with Crippen LogP contribution in [0.5, 0.6) is 0 Å². The Hall–Kier alpha value is -3.74. The zero-order chi connectivity index (χ0) is 20.4. The molecule has 0 saturated heterocycles. The monoisotopic (exact) mass is 389 g/mol. The van der Waals surface area contributed by atoms with Crippen LogP contribution in [0.1, 0.15) is 28.9 Å². The van der Waals surface area contributed by atoms with Gasteiger partial charge in [0.05, 0.1) is 22.8 Å². The minimum atomic E-state index is -0.514. The molecule has 0 saturated carbocycles. The lowest BCUT2D eigenvalue weighted by molar-refractivity contribution is 0.0439. The Bertz CT molecular complexity index is 1240. The first-order chi connectivity index (χ1) is 14.1. The summed E-state index contributed by atoms with van der Waals surface area (Å²) in [5.74, 6) is 0.409. The number of carbonyl (C=O) groups excluding carboxylic acids is 1. The van der Waals surface area contributed by atoms with Gasteiger partial charge in [-0.2, -0.15) is 0 Å². The molecule has 0 N–H and O–H groups in total. The SMILES string of the molecule is CCn1c(=O)c(C)nc2cc(C(=O)OCc3ncc(-c4ccccc4)o3)ccc21. The molecule has 29 heavy (non-hydrogen) atoms. The number of hydrogen-bond acceptors (Lipinski definition) is 6. The van der Waals surface area contributed by atoms with Gasteiger partial charge in [0.15, 0.2) is 12.4 Å². The molecule has 0 aliphatic carbocycles. The predicted octanol–water partition coefficient (Wildman–Crippen LogP) is 3.74. The summed E-state index contributed by atoms with van der Waals surface area (Å²) in [6.45, 7) is 4.00. The lowest BCUT2D eigenvalue weighted by Crippen LogP contribution is -2.23. The van der Waals surface area contributed by atoms with E-state index in [-0.39, 0.29) is 12.2 Å². The van der Waals surface area contributed by atoms with E-state index in [1.165, 1.54) is 0 Å². The van der Waals surface area contributed by atoms with Crippen molar-refractivity contribution in [1.29, 1.82) is 0 Å². The van der Waals surface area contributed by atoms with Crippen LogP contribution in [0.4, 0.5) is 0 Å². The summed E-state index contributed by atoms with van der Waals surface area (Å²) < 4.78 is 12.6. The maximum Gasteiger partial charge on any atom is 0.338 e. The third-order valence-corrected chi connectivity index (χ3v) is 4.60. The van der Waals surface area contributed by atoms with Crippen LogP contribution in [0, 0.1) is 6.92 Å². The highest BCUT2D eigenvalue weighted by Crippen LogP contribution is 2.20. The molecule has 0 atom stereocenters. The van der Waals surface area contributed by atoms with Gasteiger partial charge in [0.1, 0.15) is 5.69 Å². The summed E-state index contributed by atoms with van der Waals surface area (Å²) in [4.78, 5) is 33.1. The quantitative estimate of drug-likeness (QED) is 0.483. The Labute approximate surface area is 166 Å². The second-order valence-electron chi connectivity index (χ2n) is 6.51. The molecule has 4 rings (SSSR count). The van der Waals surface area contributed by atoms with Crippen molar-refractivity contribution in [3.8, 4) is 11.3 Å². The van der Waals surface area contributed by atoms with Crippen molar-refractivity contribution in [3.05, 3.63) is 82.2 Å². The van der Waals surface area contributed by atoms with E-state index in [4.69, 9.17) is 9.15 Å². The highest BCUT2D eigenvalue weighted by atomic mass is 16.5. The number of carbonyl (C=O) groups is 1. The van der Waals surface area contributed by atoms with Gasteiger partial charge in [-0.3, -0.25) is 4.79 Å². The molecule has 0 unspecified atom stereocenters. The van der Waals surface area contributed by atoms with E-state index in [1.54, 1.807) is 35.9 Å². The maximum atomic E-state index is 12.5. The van der Waals surface area contributed by atoms with Crippen LogP contribution in [0.15, 0.2) is 63.9 Å². The van der Waals surface area contributed by atoms with Crippen molar-refractivity contribution >= 4 is 17.0 Å². The lowest BCUT2D eigenvalue weighted by Gasteiger charge is -2.10. The van der Waals surface area contributed by atoms with E-state index < -0.39 is 5.97 Å². The molecule has 4 aromatic rings. The number of benzene rings is 2. The number of oxazole rings is 1. The molecule has 2 aromatic carbocycles. The second-order valence-corrected chi connectivity index (χ2v) is 6.51. The molecule has 0 aliphatic rings. The van der Waals surface area contributed by atoms with Gasteiger partial charge >= 0.3 is 5.97 Å². The molecular weight excluding hydrogens is 370 g/mol. The van der Waals surface area contributed by atoms with Crippen LogP contribution in [0.3, 0.4) is 0 Å². The Morgan fingerprint density at radius 3 is 2.72 bits per heavy atom. The van der Waals surface area contributed by atoms with E-state index in [2.05, 4.69) is 9.97 Å². The Kier molecular flexibility index (Phi) is 4.95. The molecule has 2 heterocycles. The minimum absolute atomic E-state index is 0.0788. The summed E-state index contributed by atoms with van der Waals surface area (Å²) in [6, 6.07) is 14.5. The molecule has 0 fully saturated rings. The van der Waals surface area contributed by atoms with Gasteiger partial charge in [-0.15, -0.1) is 0 Å². The summed E-state index contributed by atoms with van der Waals surface area (Å²) in [6.07, 6.45) is 1.60. The van der Waals surface area contributed by atoms with Gasteiger partial charge in [-0.25, -0.2) is 14.8 Å². The maximum absolute atomic E-state index is 12.5. The Morgan fingerprint density at radius 1 is 1.17 bits per heavy atom. The van der Waals surface area contributed by atoms with Gasteiger partial charge in [-0.05, 0) is 32.0 Å². The molecule has 2 aromatic heterocycles. The summed E-state index contributed by atoms with van der Waals surface area (Å²) >= 11 is 0. The van der Waals surface area contributed by atoms with Gasteiger partial charge in [0.2, 0.25) is 5.89 Å². The van der Waals surface area contributed by atoms with E-state index in [1.807, 2.05) is 37.3 Å². The number of ether oxygens (including phenoxy) is 1. The molecular formula is C22H19N3O4. The van der Waals surface area contributed by atoms with Crippen molar-refractivity contribution < 1.29 is 13.9 Å². The van der Waals surface area contributed by atoms with E-state index >= 15 is 0 Å². The highest BCUT2D eigenvalue weighted by Gasteiger charge is 2.14. The smallest absolute Gasteiger partial charge is 0.338 e. The second kappa shape index (κ2) is 7.71. The first-order valence-electron chi connectivity index (χ1n) is 9.25.